The quantitative estimate of drug-likeness (QED) is 0.107. The smallest absolute Gasteiger partial charge is 0.0348 e. The molecule has 0 aliphatic heterocycles. The molecular formula is C27H48. The van der Waals surface area contributed by atoms with Crippen molar-refractivity contribution < 1.29 is 0 Å². The number of allylic oxidation sites excluding steroid dienone is 7. The normalized spacial score (nSPS) is 12.0. The number of hydrogen-bond acceptors (Lipinski definition) is 0. The summed E-state index contributed by atoms with van der Waals surface area (Å²) in [5.41, 5.74) is 0. The fourth-order valence-corrected chi connectivity index (χ4v) is 3.36. The Bertz CT molecular complexity index is 358. The molecule has 0 unspecified atom stereocenters. The fraction of sp³-hybridized carbons (Fsp3) is 0.704. The van der Waals surface area contributed by atoms with Gasteiger partial charge in [0.25, 0.3) is 0 Å². The van der Waals surface area contributed by atoms with Gasteiger partial charge in [-0.15, -0.1) is 0 Å². The molecule has 0 bridgehead atoms. The molecule has 0 heterocycles. The summed E-state index contributed by atoms with van der Waals surface area (Å²) in [4.78, 5) is 0. The first kappa shape index (κ1) is 26.0. The van der Waals surface area contributed by atoms with Crippen LogP contribution in [-0.2, 0) is 0 Å². The minimum Gasteiger partial charge on any atom is -0.0991 e. The Kier molecular flexibility index (Phi) is 24.0. The molecule has 0 spiro atoms. The Hall–Kier alpha value is -1.04. The number of unbranched alkanes of at least 4 members (excludes halogenated alkanes) is 16. The lowest BCUT2D eigenvalue weighted by Gasteiger charge is -2.01. The second-order valence-electron chi connectivity index (χ2n) is 7.84. The van der Waals surface area contributed by atoms with Crippen molar-refractivity contribution >= 4 is 0 Å². The summed E-state index contributed by atoms with van der Waals surface area (Å²) in [6, 6.07) is 0. The van der Waals surface area contributed by atoms with Gasteiger partial charge >= 0.3 is 0 Å². The molecule has 0 aliphatic carbocycles. The molecule has 0 aromatic rings. The Morgan fingerprint density at radius 3 is 1.30 bits per heavy atom. The first-order chi connectivity index (χ1) is 13.4. The third-order valence-corrected chi connectivity index (χ3v) is 5.13. The first-order valence-electron chi connectivity index (χ1n) is 12.0. The van der Waals surface area contributed by atoms with Gasteiger partial charge in [-0.3, -0.25) is 0 Å². The average Bonchev–Trinajstić information content (AvgIpc) is 2.68. The van der Waals surface area contributed by atoms with E-state index in [2.05, 4.69) is 43.9 Å². The van der Waals surface area contributed by atoms with Gasteiger partial charge in [0, 0.05) is 0 Å². The summed E-state index contributed by atoms with van der Waals surface area (Å²) in [6.45, 7) is 5.95. The van der Waals surface area contributed by atoms with Crippen LogP contribution in [0.2, 0.25) is 0 Å². The van der Waals surface area contributed by atoms with Gasteiger partial charge in [-0.05, 0) is 38.5 Å². The van der Waals surface area contributed by atoms with Crippen LogP contribution < -0.4 is 0 Å². The highest BCUT2D eigenvalue weighted by atomic mass is 14.0. The SMILES string of the molecule is C=CC=CC=CCCCCCCCCCCCC=CCCCCCCCC. The Morgan fingerprint density at radius 2 is 0.852 bits per heavy atom. The molecule has 0 atom stereocenters. The molecule has 0 N–H and O–H groups in total. The summed E-state index contributed by atoms with van der Waals surface area (Å²) >= 11 is 0. The average molecular weight is 373 g/mol. The van der Waals surface area contributed by atoms with Gasteiger partial charge in [0.1, 0.15) is 0 Å². The van der Waals surface area contributed by atoms with Gasteiger partial charge in [0.05, 0.1) is 0 Å². The summed E-state index contributed by atoms with van der Waals surface area (Å²) in [5, 5.41) is 0. The lowest BCUT2D eigenvalue weighted by atomic mass is 10.1. The second kappa shape index (κ2) is 25.0. The minimum atomic E-state index is 1.22. The number of hydrogen-bond donors (Lipinski definition) is 0. The van der Waals surface area contributed by atoms with Crippen LogP contribution in [0.25, 0.3) is 0 Å². The van der Waals surface area contributed by atoms with E-state index in [0.717, 1.165) is 0 Å². The molecule has 0 saturated carbocycles. The highest BCUT2D eigenvalue weighted by Gasteiger charge is 1.92. The molecule has 0 nitrogen and oxygen atoms in total. The van der Waals surface area contributed by atoms with Crippen molar-refractivity contribution in [3.63, 3.8) is 0 Å². The minimum absolute atomic E-state index is 1.22. The van der Waals surface area contributed by atoms with Crippen molar-refractivity contribution in [2.75, 3.05) is 0 Å². The van der Waals surface area contributed by atoms with Gasteiger partial charge in [-0.2, -0.15) is 0 Å². The first-order valence-corrected chi connectivity index (χ1v) is 12.0. The molecule has 0 aliphatic rings. The summed E-state index contributed by atoms with van der Waals surface area (Å²) in [5.74, 6) is 0. The highest BCUT2D eigenvalue weighted by molar-refractivity contribution is 5.08. The van der Waals surface area contributed by atoms with Crippen molar-refractivity contribution in [1.82, 2.24) is 0 Å². The largest absolute Gasteiger partial charge is 0.0991 e. The van der Waals surface area contributed by atoms with E-state index in [1.807, 2.05) is 12.2 Å². The van der Waals surface area contributed by atoms with Crippen LogP contribution in [-0.4, -0.2) is 0 Å². The molecule has 0 radical (unpaired) electrons. The molecule has 0 aromatic heterocycles. The van der Waals surface area contributed by atoms with Crippen LogP contribution in [0.5, 0.6) is 0 Å². The molecular weight excluding hydrogens is 324 g/mol. The predicted molar refractivity (Wildman–Crippen MR) is 126 cm³/mol. The third kappa shape index (κ3) is 25.0. The molecule has 0 heteroatoms. The monoisotopic (exact) mass is 372 g/mol. The van der Waals surface area contributed by atoms with E-state index >= 15 is 0 Å². The van der Waals surface area contributed by atoms with Crippen molar-refractivity contribution in [3.05, 3.63) is 49.1 Å². The van der Waals surface area contributed by atoms with Crippen LogP contribution in [0.15, 0.2) is 49.1 Å². The van der Waals surface area contributed by atoms with Gasteiger partial charge < -0.3 is 0 Å². The zero-order valence-corrected chi connectivity index (χ0v) is 18.5. The van der Waals surface area contributed by atoms with Gasteiger partial charge in [-0.25, -0.2) is 0 Å². The fourth-order valence-electron chi connectivity index (χ4n) is 3.36. The second-order valence-corrected chi connectivity index (χ2v) is 7.84. The van der Waals surface area contributed by atoms with Crippen LogP contribution in [0.1, 0.15) is 122 Å². The van der Waals surface area contributed by atoms with Crippen LogP contribution in [0.4, 0.5) is 0 Å². The zero-order chi connectivity index (χ0) is 19.7. The third-order valence-electron chi connectivity index (χ3n) is 5.13. The lowest BCUT2D eigenvalue weighted by Crippen LogP contribution is -1.81. The van der Waals surface area contributed by atoms with Crippen molar-refractivity contribution in [1.29, 1.82) is 0 Å². The van der Waals surface area contributed by atoms with Crippen LogP contribution >= 0.6 is 0 Å². The van der Waals surface area contributed by atoms with E-state index in [9.17, 15) is 0 Å². The van der Waals surface area contributed by atoms with Crippen molar-refractivity contribution in [2.24, 2.45) is 0 Å². The summed E-state index contributed by atoms with van der Waals surface area (Å²) < 4.78 is 0. The molecule has 0 saturated heterocycles. The Morgan fingerprint density at radius 1 is 0.444 bits per heavy atom. The maximum atomic E-state index is 3.66. The standard InChI is InChI=1S/C27H48/c1-3-5-7-9-11-13-15-17-19-21-23-25-27-26-24-22-20-18-16-14-12-10-8-6-4-2/h3,5,7,9,11,18,20H,1,4,6,8,10,12-17,19,21-27H2,2H3. The molecule has 156 valence electrons. The summed E-state index contributed by atoms with van der Waals surface area (Å²) in [7, 11) is 0. The topological polar surface area (TPSA) is 0 Å². The highest BCUT2D eigenvalue weighted by Crippen LogP contribution is 2.12. The maximum absolute atomic E-state index is 3.66. The van der Waals surface area contributed by atoms with Crippen LogP contribution in [0.3, 0.4) is 0 Å². The molecule has 0 aromatic carbocycles. The maximum Gasteiger partial charge on any atom is -0.0348 e. The van der Waals surface area contributed by atoms with Gasteiger partial charge in [-0.1, -0.05) is 133 Å². The van der Waals surface area contributed by atoms with Gasteiger partial charge in [0.15, 0.2) is 0 Å². The van der Waals surface area contributed by atoms with Crippen molar-refractivity contribution in [2.45, 2.75) is 122 Å². The Labute approximate surface area is 171 Å². The van der Waals surface area contributed by atoms with Crippen molar-refractivity contribution in [3.8, 4) is 0 Å². The lowest BCUT2D eigenvalue weighted by molar-refractivity contribution is 0.561. The van der Waals surface area contributed by atoms with E-state index in [1.165, 1.54) is 116 Å². The van der Waals surface area contributed by atoms with Gasteiger partial charge in [0.2, 0.25) is 0 Å². The molecule has 0 rings (SSSR count). The van der Waals surface area contributed by atoms with E-state index in [-0.39, 0.29) is 0 Å². The Balaban J connectivity index is 3.12. The predicted octanol–water partition coefficient (Wildman–Crippen LogP) is 9.88. The zero-order valence-electron chi connectivity index (χ0n) is 18.5. The van der Waals surface area contributed by atoms with Crippen LogP contribution in [0, 0.1) is 0 Å². The van der Waals surface area contributed by atoms with E-state index in [4.69, 9.17) is 0 Å². The number of rotatable bonds is 21. The molecule has 27 heavy (non-hydrogen) atoms. The van der Waals surface area contributed by atoms with E-state index < -0.39 is 0 Å². The van der Waals surface area contributed by atoms with E-state index in [1.54, 1.807) is 0 Å². The van der Waals surface area contributed by atoms with E-state index in [0.29, 0.717) is 0 Å². The molecule has 0 amide bonds. The molecule has 0 fully saturated rings. The summed E-state index contributed by atoms with van der Waals surface area (Å²) in [6.07, 6.45) is 40.0.